The summed E-state index contributed by atoms with van der Waals surface area (Å²) in [6.07, 6.45) is 0. The molecule has 0 aliphatic rings. The second-order valence-electron chi connectivity index (χ2n) is 5.06. The third-order valence-corrected chi connectivity index (χ3v) is 3.61. The van der Waals surface area contributed by atoms with Gasteiger partial charge in [-0.2, -0.15) is 9.83 Å². The van der Waals surface area contributed by atoms with E-state index in [0.29, 0.717) is 18.7 Å². The van der Waals surface area contributed by atoms with Crippen molar-refractivity contribution >= 4 is 10.9 Å². The molecule has 0 saturated heterocycles. The molecule has 3 rings (SSSR count). The first-order chi connectivity index (χ1) is 10.8. The quantitative estimate of drug-likeness (QED) is 0.627. The summed E-state index contributed by atoms with van der Waals surface area (Å²) in [7, 11) is 0. The van der Waals surface area contributed by atoms with Crippen LogP contribution in [0.3, 0.4) is 0 Å². The normalized spacial score (nSPS) is 9.91. The Labute approximate surface area is 146 Å². The fraction of sp³-hybridized carbons (Fsp3) is 0.158. The van der Waals surface area contributed by atoms with E-state index in [1.807, 2.05) is 49.4 Å². The maximum Gasteiger partial charge on any atom is 0.368 e. The maximum absolute atomic E-state index is 8.90. The zero-order valence-corrected chi connectivity index (χ0v) is 14.5. The molecule has 0 spiro atoms. The van der Waals surface area contributed by atoms with Crippen LogP contribution in [-0.4, -0.2) is 6.61 Å². The number of benzene rings is 2. The predicted molar refractivity (Wildman–Crippen MR) is 85.6 cm³/mol. The molecule has 0 radical (unpaired) electrons. The molecule has 0 atom stereocenters. The lowest BCUT2D eigenvalue weighted by Gasteiger charge is -2.07. The third-order valence-electron chi connectivity index (χ3n) is 3.61. The number of halogens is 1. The van der Waals surface area contributed by atoms with Gasteiger partial charge in [-0.05, 0) is 31.2 Å². The van der Waals surface area contributed by atoms with Crippen molar-refractivity contribution in [2.75, 3.05) is 6.61 Å². The molecule has 1 heterocycles. The number of pyridine rings is 1. The first-order valence-electron chi connectivity index (χ1n) is 7.35. The highest BCUT2D eigenvalue weighted by atomic mass is 79.9. The number of ether oxygens (including phenoxy) is 1. The van der Waals surface area contributed by atoms with E-state index in [0.717, 1.165) is 17.0 Å². The van der Waals surface area contributed by atoms with Gasteiger partial charge in [-0.1, -0.05) is 24.3 Å². The minimum atomic E-state index is 0. The van der Waals surface area contributed by atoms with Gasteiger partial charge in [-0.3, -0.25) is 0 Å². The Balaban J connectivity index is 0.00000192. The first kappa shape index (κ1) is 17.0. The minimum Gasteiger partial charge on any atom is -1.00 e. The van der Waals surface area contributed by atoms with E-state index in [9.17, 15) is 0 Å². The SMILES string of the molecule is CCOc1ccc2ccccc2[n+]1Cc1ccc(C#N)cc1.[Br-]. The molecule has 0 bridgehead atoms. The van der Waals surface area contributed by atoms with Gasteiger partial charge in [0.1, 0.15) is 0 Å². The molecule has 0 saturated carbocycles. The second-order valence-corrected chi connectivity index (χ2v) is 5.06. The van der Waals surface area contributed by atoms with Gasteiger partial charge in [-0.15, -0.1) is 0 Å². The number of fused-ring (bicyclic) bond motifs is 1. The summed E-state index contributed by atoms with van der Waals surface area (Å²) >= 11 is 0. The Morgan fingerprint density at radius 2 is 1.74 bits per heavy atom. The largest absolute Gasteiger partial charge is 1.00 e. The molecular weight excluding hydrogens is 352 g/mol. The van der Waals surface area contributed by atoms with E-state index in [4.69, 9.17) is 10.00 Å². The molecule has 4 heteroatoms. The van der Waals surface area contributed by atoms with Crippen LogP contribution in [0.25, 0.3) is 10.9 Å². The summed E-state index contributed by atoms with van der Waals surface area (Å²) in [6.45, 7) is 3.33. The van der Waals surface area contributed by atoms with E-state index >= 15 is 0 Å². The van der Waals surface area contributed by atoms with Gasteiger partial charge in [0.05, 0.1) is 24.3 Å². The Morgan fingerprint density at radius 1 is 1.00 bits per heavy atom. The molecule has 0 aliphatic heterocycles. The van der Waals surface area contributed by atoms with Crippen LogP contribution in [0.15, 0.2) is 60.7 Å². The van der Waals surface area contributed by atoms with Crippen molar-refractivity contribution in [1.82, 2.24) is 0 Å². The minimum absolute atomic E-state index is 0. The van der Waals surface area contributed by atoms with Crippen LogP contribution in [-0.2, 0) is 6.54 Å². The second kappa shape index (κ2) is 7.75. The molecular formula is C19H17BrN2O. The highest BCUT2D eigenvalue weighted by Crippen LogP contribution is 2.16. The molecule has 2 aromatic carbocycles. The zero-order valence-electron chi connectivity index (χ0n) is 12.9. The third kappa shape index (κ3) is 3.69. The molecule has 0 aliphatic carbocycles. The average molecular weight is 369 g/mol. The van der Waals surface area contributed by atoms with Crippen LogP contribution >= 0.6 is 0 Å². The number of rotatable bonds is 4. The molecule has 1 aromatic heterocycles. The lowest BCUT2D eigenvalue weighted by molar-refractivity contribution is -0.668. The van der Waals surface area contributed by atoms with Gasteiger partial charge in [0.25, 0.3) is 0 Å². The number of aromatic nitrogens is 1. The molecule has 3 aromatic rings. The van der Waals surface area contributed by atoms with Crippen molar-refractivity contribution in [3.8, 4) is 11.9 Å². The Kier molecular flexibility index (Phi) is 5.72. The summed E-state index contributed by atoms with van der Waals surface area (Å²) in [5.41, 5.74) is 2.95. The van der Waals surface area contributed by atoms with Crippen molar-refractivity contribution < 1.29 is 26.3 Å². The number of nitriles is 1. The van der Waals surface area contributed by atoms with Crippen LogP contribution in [0.4, 0.5) is 0 Å². The van der Waals surface area contributed by atoms with Gasteiger partial charge in [0.2, 0.25) is 5.52 Å². The van der Waals surface area contributed by atoms with Gasteiger partial charge in [0.15, 0.2) is 6.54 Å². The molecule has 23 heavy (non-hydrogen) atoms. The Morgan fingerprint density at radius 3 is 2.43 bits per heavy atom. The van der Waals surface area contributed by atoms with E-state index in [-0.39, 0.29) is 17.0 Å². The topological polar surface area (TPSA) is 36.9 Å². The van der Waals surface area contributed by atoms with Crippen LogP contribution in [0.1, 0.15) is 18.1 Å². The summed E-state index contributed by atoms with van der Waals surface area (Å²) in [6, 6.07) is 22.2. The summed E-state index contributed by atoms with van der Waals surface area (Å²) in [4.78, 5) is 0. The molecule has 0 unspecified atom stereocenters. The Hall–Kier alpha value is -2.38. The van der Waals surface area contributed by atoms with Crippen molar-refractivity contribution in [3.05, 3.63) is 71.8 Å². The van der Waals surface area contributed by atoms with Gasteiger partial charge < -0.3 is 21.7 Å². The summed E-state index contributed by atoms with van der Waals surface area (Å²) in [5, 5.41) is 10.1. The molecule has 0 amide bonds. The van der Waals surface area contributed by atoms with Crippen molar-refractivity contribution in [1.29, 1.82) is 5.26 Å². The zero-order chi connectivity index (χ0) is 15.4. The van der Waals surface area contributed by atoms with Crippen molar-refractivity contribution in [3.63, 3.8) is 0 Å². The van der Waals surface area contributed by atoms with Crippen molar-refractivity contribution in [2.24, 2.45) is 0 Å². The first-order valence-corrected chi connectivity index (χ1v) is 7.35. The summed E-state index contributed by atoms with van der Waals surface area (Å²) < 4.78 is 7.94. The van der Waals surface area contributed by atoms with Crippen LogP contribution < -0.4 is 26.3 Å². The van der Waals surface area contributed by atoms with Crippen LogP contribution in [0.2, 0.25) is 0 Å². The van der Waals surface area contributed by atoms with Crippen molar-refractivity contribution in [2.45, 2.75) is 13.5 Å². The fourth-order valence-corrected chi connectivity index (χ4v) is 2.55. The average Bonchev–Trinajstić information content (AvgIpc) is 2.58. The molecule has 116 valence electrons. The standard InChI is InChI=1S/C19H17N2O.BrH/c1-2-22-19-12-11-17-5-3-4-6-18(17)21(19)14-16-9-7-15(13-20)8-10-16;/h3-12H,2,14H2,1H3;1H/q+1;/p-1. The van der Waals surface area contributed by atoms with E-state index in [1.165, 1.54) is 5.39 Å². The van der Waals surface area contributed by atoms with Gasteiger partial charge >= 0.3 is 5.88 Å². The van der Waals surface area contributed by atoms with Crippen LogP contribution in [0.5, 0.6) is 5.88 Å². The molecule has 3 nitrogen and oxygen atoms in total. The smallest absolute Gasteiger partial charge is 0.368 e. The number of nitrogens with zero attached hydrogens (tertiary/aromatic N) is 2. The molecule has 0 N–H and O–H groups in total. The number of hydrogen-bond acceptors (Lipinski definition) is 2. The highest BCUT2D eigenvalue weighted by Gasteiger charge is 2.17. The van der Waals surface area contributed by atoms with E-state index < -0.39 is 0 Å². The predicted octanol–water partition coefficient (Wildman–Crippen LogP) is 0.450. The maximum atomic E-state index is 8.90. The summed E-state index contributed by atoms with van der Waals surface area (Å²) in [5.74, 6) is 0.852. The number of hydrogen-bond donors (Lipinski definition) is 0. The fourth-order valence-electron chi connectivity index (χ4n) is 2.55. The lowest BCUT2D eigenvalue weighted by atomic mass is 10.1. The lowest BCUT2D eigenvalue weighted by Crippen LogP contribution is -3.00. The van der Waals surface area contributed by atoms with E-state index in [1.54, 1.807) is 0 Å². The van der Waals surface area contributed by atoms with Gasteiger partial charge in [-0.25, -0.2) is 0 Å². The van der Waals surface area contributed by atoms with Crippen LogP contribution in [0, 0.1) is 11.3 Å². The van der Waals surface area contributed by atoms with E-state index in [2.05, 4.69) is 28.8 Å². The van der Waals surface area contributed by atoms with Gasteiger partial charge in [0, 0.05) is 17.0 Å². The monoisotopic (exact) mass is 368 g/mol. The number of para-hydroxylation sites is 1. The highest BCUT2D eigenvalue weighted by molar-refractivity contribution is 5.75. The Bertz CT molecular complexity index is 838. The molecule has 0 fully saturated rings.